The van der Waals surface area contributed by atoms with E-state index in [9.17, 15) is 9.59 Å². The average Bonchev–Trinajstić information content (AvgIpc) is 2.49. The van der Waals surface area contributed by atoms with E-state index in [4.69, 9.17) is 0 Å². The quantitative estimate of drug-likeness (QED) is 0.877. The number of hydrogen-bond acceptors (Lipinski definition) is 2. The number of imide groups is 1. The number of nitrogens with one attached hydrogen (secondary N) is 1. The number of rotatable bonds is 3. The molecule has 100 valence electrons. The number of carbonyl (C=O) groups excluding carboxylic acids is 2. The van der Waals surface area contributed by atoms with Crippen LogP contribution < -0.4 is 5.32 Å². The van der Waals surface area contributed by atoms with Crippen LogP contribution in [0.5, 0.6) is 0 Å². The van der Waals surface area contributed by atoms with Crippen molar-refractivity contribution in [3.05, 3.63) is 76.3 Å². The van der Waals surface area contributed by atoms with E-state index in [1.54, 1.807) is 30.3 Å². The largest absolute Gasteiger partial charge is 0.288 e. The highest BCUT2D eigenvalue weighted by Gasteiger charge is 2.12. The molecule has 0 saturated carbocycles. The molecule has 4 heteroatoms. The summed E-state index contributed by atoms with van der Waals surface area (Å²) in [4.78, 5) is 23.7. The summed E-state index contributed by atoms with van der Waals surface area (Å²) in [5.74, 6) is -0.892. The molecule has 0 bridgehead atoms. The van der Waals surface area contributed by atoms with Crippen LogP contribution in [0.3, 0.4) is 0 Å². The molecular weight excluding hydrogens is 318 g/mol. The monoisotopic (exact) mass is 329 g/mol. The highest BCUT2D eigenvalue weighted by Crippen LogP contribution is 2.12. The Morgan fingerprint density at radius 2 is 1.45 bits per heavy atom. The second-order valence-electron chi connectivity index (χ2n) is 4.05. The van der Waals surface area contributed by atoms with E-state index in [0.29, 0.717) is 10.0 Å². The lowest BCUT2D eigenvalue weighted by molar-refractivity contribution is -0.115. The number of benzene rings is 2. The minimum atomic E-state index is -0.470. The first-order chi connectivity index (χ1) is 9.66. The normalized spacial score (nSPS) is 10.9. The van der Waals surface area contributed by atoms with Crippen LogP contribution in [0.25, 0.3) is 6.08 Å². The Labute approximate surface area is 125 Å². The maximum atomic E-state index is 11.9. The molecule has 0 unspecified atom stereocenters. The van der Waals surface area contributed by atoms with E-state index in [-0.39, 0.29) is 0 Å². The fourth-order valence-electron chi connectivity index (χ4n) is 1.59. The predicted molar refractivity (Wildman–Crippen MR) is 82.3 cm³/mol. The Hall–Kier alpha value is -2.20. The number of halogens is 1. The third kappa shape index (κ3) is 3.90. The molecule has 1 N–H and O–H groups in total. The molecule has 0 radical (unpaired) electrons. The summed E-state index contributed by atoms with van der Waals surface area (Å²) in [7, 11) is 0. The fourth-order valence-corrected chi connectivity index (χ4v) is 1.95. The second-order valence-corrected chi connectivity index (χ2v) is 4.91. The van der Waals surface area contributed by atoms with E-state index in [1.165, 1.54) is 0 Å². The van der Waals surface area contributed by atoms with Crippen LogP contribution in [-0.4, -0.2) is 11.8 Å². The summed E-state index contributed by atoms with van der Waals surface area (Å²) in [6.07, 6.45) is 1.66. The maximum Gasteiger partial charge on any atom is 0.265 e. The van der Waals surface area contributed by atoms with E-state index < -0.39 is 11.8 Å². The lowest BCUT2D eigenvalue weighted by Gasteiger charge is -2.03. The van der Waals surface area contributed by atoms with Crippen molar-refractivity contribution in [1.29, 1.82) is 0 Å². The molecule has 2 amide bonds. The van der Waals surface area contributed by atoms with Crippen molar-refractivity contribution in [3.8, 4) is 0 Å². The zero-order chi connectivity index (χ0) is 14.4. The van der Waals surface area contributed by atoms with Gasteiger partial charge in [0, 0.05) is 5.56 Å². The van der Waals surface area contributed by atoms with Gasteiger partial charge in [-0.05, 0) is 39.7 Å². The lowest BCUT2D eigenvalue weighted by Crippen LogP contribution is -2.30. The summed E-state index contributed by atoms with van der Waals surface area (Å²) < 4.78 is 0.299. The van der Waals surface area contributed by atoms with Gasteiger partial charge in [0.1, 0.15) is 0 Å². The van der Waals surface area contributed by atoms with Gasteiger partial charge in [-0.15, -0.1) is 0 Å². The molecular formula is C16H12BrNO2. The molecule has 0 spiro atoms. The summed E-state index contributed by atoms with van der Waals surface area (Å²) >= 11 is 3.18. The Morgan fingerprint density at radius 3 is 2.05 bits per heavy atom. The molecule has 0 heterocycles. The van der Waals surface area contributed by atoms with Gasteiger partial charge in [0.15, 0.2) is 0 Å². The highest BCUT2D eigenvalue weighted by molar-refractivity contribution is 9.12. The Bertz CT molecular complexity index is 636. The van der Waals surface area contributed by atoms with Gasteiger partial charge in [-0.3, -0.25) is 14.9 Å². The molecule has 20 heavy (non-hydrogen) atoms. The molecule has 0 fully saturated rings. The molecule has 0 aromatic heterocycles. The third-order valence-electron chi connectivity index (χ3n) is 2.57. The Morgan fingerprint density at radius 1 is 0.900 bits per heavy atom. The molecule has 2 rings (SSSR count). The van der Waals surface area contributed by atoms with Gasteiger partial charge in [-0.25, -0.2) is 0 Å². The van der Waals surface area contributed by atoms with E-state index >= 15 is 0 Å². The zero-order valence-electron chi connectivity index (χ0n) is 10.5. The highest BCUT2D eigenvalue weighted by atomic mass is 79.9. The Balaban J connectivity index is 2.05. The second kappa shape index (κ2) is 6.82. The van der Waals surface area contributed by atoms with Crippen molar-refractivity contribution in [1.82, 2.24) is 5.32 Å². The van der Waals surface area contributed by atoms with Crippen molar-refractivity contribution < 1.29 is 9.59 Å². The smallest absolute Gasteiger partial charge is 0.265 e. The van der Waals surface area contributed by atoms with E-state index in [0.717, 1.165) is 5.56 Å². The summed E-state index contributed by atoms with van der Waals surface area (Å²) in [5.41, 5.74) is 1.32. The average molecular weight is 330 g/mol. The van der Waals surface area contributed by atoms with Gasteiger partial charge in [-0.1, -0.05) is 48.5 Å². The first kappa shape index (κ1) is 14.2. The van der Waals surface area contributed by atoms with Gasteiger partial charge >= 0.3 is 0 Å². The van der Waals surface area contributed by atoms with Crippen molar-refractivity contribution >= 4 is 33.8 Å². The molecule has 0 aliphatic carbocycles. The van der Waals surface area contributed by atoms with Gasteiger partial charge in [0.2, 0.25) is 0 Å². The van der Waals surface area contributed by atoms with E-state index in [2.05, 4.69) is 21.2 Å². The fraction of sp³-hybridized carbons (Fsp3) is 0. The number of hydrogen-bond donors (Lipinski definition) is 1. The van der Waals surface area contributed by atoms with Crippen molar-refractivity contribution in [3.63, 3.8) is 0 Å². The first-order valence-corrected chi connectivity index (χ1v) is 6.79. The van der Waals surface area contributed by atoms with Crippen molar-refractivity contribution in [2.75, 3.05) is 0 Å². The molecule has 2 aromatic carbocycles. The van der Waals surface area contributed by atoms with Crippen LogP contribution in [0.4, 0.5) is 0 Å². The number of carbonyl (C=O) groups is 2. The van der Waals surface area contributed by atoms with Crippen LogP contribution in [-0.2, 0) is 4.79 Å². The minimum absolute atomic E-state index is 0.299. The molecule has 0 atom stereocenters. The molecule has 2 aromatic rings. The van der Waals surface area contributed by atoms with Gasteiger partial charge in [0.05, 0.1) is 4.48 Å². The van der Waals surface area contributed by atoms with Crippen molar-refractivity contribution in [2.24, 2.45) is 0 Å². The molecule has 0 aliphatic rings. The summed E-state index contributed by atoms with van der Waals surface area (Å²) in [5, 5.41) is 2.32. The summed E-state index contributed by atoms with van der Waals surface area (Å²) in [6, 6.07) is 18.0. The van der Waals surface area contributed by atoms with Crippen LogP contribution in [0.1, 0.15) is 15.9 Å². The molecule has 0 saturated heterocycles. The SMILES string of the molecule is O=C(NC(=O)c1ccccc1)/C(Br)=C/c1ccccc1. The third-order valence-corrected chi connectivity index (χ3v) is 3.16. The zero-order valence-corrected chi connectivity index (χ0v) is 12.1. The van der Waals surface area contributed by atoms with Crippen LogP contribution in [0.2, 0.25) is 0 Å². The van der Waals surface area contributed by atoms with Gasteiger partial charge in [-0.2, -0.15) is 0 Å². The van der Waals surface area contributed by atoms with Gasteiger partial charge in [0.25, 0.3) is 11.8 Å². The standard InChI is InChI=1S/C16H12BrNO2/c17-14(11-12-7-3-1-4-8-12)16(20)18-15(19)13-9-5-2-6-10-13/h1-11H,(H,18,19,20)/b14-11-. The van der Waals surface area contributed by atoms with E-state index in [1.807, 2.05) is 36.4 Å². The Kier molecular flexibility index (Phi) is 4.85. The minimum Gasteiger partial charge on any atom is -0.288 e. The molecule has 3 nitrogen and oxygen atoms in total. The first-order valence-electron chi connectivity index (χ1n) is 6.00. The van der Waals surface area contributed by atoms with Gasteiger partial charge < -0.3 is 0 Å². The predicted octanol–water partition coefficient (Wildman–Crippen LogP) is 3.38. The maximum absolute atomic E-state index is 11.9. The lowest BCUT2D eigenvalue weighted by atomic mass is 10.2. The topological polar surface area (TPSA) is 46.2 Å². The van der Waals surface area contributed by atoms with Crippen LogP contribution in [0.15, 0.2) is 65.1 Å². The van der Waals surface area contributed by atoms with Crippen LogP contribution in [0, 0.1) is 0 Å². The van der Waals surface area contributed by atoms with Crippen molar-refractivity contribution in [2.45, 2.75) is 0 Å². The van der Waals surface area contributed by atoms with Crippen LogP contribution >= 0.6 is 15.9 Å². The summed E-state index contributed by atoms with van der Waals surface area (Å²) in [6.45, 7) is 0. The molecule has 0 aliphatic heterocycles. The number of amides is 2.